The highest BCUT2D eigenvalue weighted by Gasteiger charge is 1.96. The highest BCUT2D eigenvalue weighted by atomic mass is 16.3. The van der Waals surface area contributed by atoms with Crippen LogP contribution in [-0.4, -0.2) is 10.1 Å². The van der Waals surface area contributed by atoms with E-state index in [4.69, 9.17) is 16.1 Å². The van der Waals surface area contributed by atoms with Crippen molar-refractivity contribution in [1.29, 1.82) is 5.26 Å². The second-order valence-corrected chi connectivity index (χ2v) is 2.27. The Morgan fingerprint density at radius 3 is 3.00 bits per heavy atom. The van der Waals surface area contributed by atoms with Crippen LogP contribution in [-0.2, 0) is 0 Å². The van der Waals surface area contributed by atoms with E-state index >= 15 is 0 Å². The number of nitrogens with zero attached hydrogens (tertiary/aromatic N) is 2. The van der Waals surface area contributed by atoms with Crippen LogP contribution in [0.2, 0.25) is 0 Å². The third kappa shape index (κ3) is 2.39. The zero-order chi connectivity index (χ0) is 9.68. The van der Waals surface area contributed by atoms with Gasteiger partial charge < -0.3 is 10.8 Å². The SMILES string of the molecule is N#CCC#Cc1cnc(N)c(O)c1. The molecule has 0 saturated heterocycles. The minimum Gasteiger partial charge on any atom is -0.504 e. The Hall–Kier alpha value is -2.20. The summed E-state index contributed by atoms with van der Waals surface area (Å²) < 4.78 is 0. The Bertz CT molecular complexity index is 409. The molecule has 1 heterocycles. The Labute approximate surface area is 75.6 Å². The molecule has 0 aliphatic heterocycles. The summed E-state index contributed by atoms with van der Waals surface area (Å²) in [4.78, 5) is 3.70. The van der Waals surface area contributed by atoms with Crippen molar-refractivity contribution in [3.63, 3.8) is 0 Å². The lowest BCUT2D eigenvalue weighted by atomic mass is 10.2. The van der Waals surface area contributed by atoms with Crippen LogP contribution in [0.25, 0.3) is 0 Å². The van der Waals surface area contributed by atoms with Crippen molar-refractivity contribution >= 4 is 5.82 Å². The number of hydrogen-bond acceptors (Lipinski definition) is 4. The van der Waals surface area contributed by atoms with Crippen molar-refractivity contribution in [2.24, 2.45) is 0 Å². The molecule has 0 amide bonds. The van der Waals surface area contributed by atoms with Gasteiger partial charge in [0, 0.05) is 17.8 Å². The summed E-state index contributed by atoms with van der Waals surface area (Å²) in [5.74, 6) is 5.24. The monoisotopic (exact) mass is 173 g/mol. The van der Waals surface area contributed by atoms with E-state index in [-0.39, 0.29) is 18.0 Å². The second kappa shape index (κ2) is 3.99. The molecule has 0 aliphatic rings. The molecule has 0 spiro atoms. The molecule has 0 aliphatic carbocycles. The fourth-order valence-electron chi connectivity index (χ4n) is 0.718. The van der Waals surface area contributed by atoms with E-state index in [1.807, 2.05) is 6.07 Å². The van der Waals surface area contributed by atoms with Crippen molar-refractivity contribution in [3.8, 4) is 23.7 Å². The van der Waals surface area contributed by atoms with Gasteiger partial charge in [0.05, 0.1) is 12.5 Å². The highest BCUT2D eigenvalue weighted by molar-refractivity contribution is 5.49. The quantitative estimate of drug-likeness (QED) is 0.564. The van der Waals surface area contributed by atoms with Crippen LogP contribution in [0.5, 0.6) is 5.75 Å². The maximum Gasteiger partial charge on any atom is 0.165 e. The molecule has 1 aromatic heterocycles. The second-order valence-electron chi connectivity index (χ2n) is 2.27. The first-order chi connectivity index (χ1) is 6.24. The minimum atomic E-state index is -0.0937. The van der Waals surface area contributed by atoms with Crippen LogP contribution in [0.3, 0.4) is 0 Å². The highest BCUT2D eigenvalue weighted by Crippen LogP contribution is 2.16. The van der Waals surface area contributed by atoms with Gasteiger partial charge in [-0.25, -0.2) is 4.98 Å². The molecule has 0 unspecified atom stereocenters. The number of anilines is 1. The average Bonchev–Trinajstić information content (AvgIpc) is 2.12. The Balaban J connectivity index is 2.89. The number of rotatable bonds is 0. The third-order valence-electron chi connectivity index (χ3n) is 1.30. The normalized spacial score (nSPS) is 8.23. The van der Waals surface area contributed by atoms with Gasteiger partial charge in [-0.1, -0.05) is 11.8 Å². The van der Waals surface area contributed by atoms with E-state index in [0.717, 1.165) is 0 Å². The first-order valence-corrected chi connectivity index (χ1v) is 3.54. The van der Waals surface area contributed by atoms with Crippen molar-refractivity contribution in [3.05, 3.63) is 17.8 Å². The summed E-state index contributed by atoms with van der Waals surface area (Å²) >= 11 is 0. The van der Waals surface area contributed by atoms with Gasteiger partial charge in [0.2, 0.25) is 0 Å². The number of aromatic hydroxyl groups is 1. The van der Waals surface area contributed by atoms with Crippen molar-refractivity contribution < 1.29 is 5.11 Å². The molecule has 0 bridgehead atoms. The molecular formula is C9H7N3O. The molecule has 4 nitrogen and oxygen atoms in total. The largest absolute Gasteiger partial charge is 0.504 e. The van der Waals surface area contributed by atoms with Gasteiger partial charge in [0.15, 0.2) is 11.6 Å². The molecule has 64 valence electrons. The van der Waals surface area contributed by atoms with E-state index in [2.05, 4.69) is 16.8 Å². The summed E-state index contributed by atoms with van der Waals surface area (Å²) in [6.07, 6.45) is 1.60. The molecular weight excluding hydrogens is 166 g/mol. The van der Waals surface area contributed by atoms with Gasteiger partial charge in [0.25, 0.3) is 0 Å². The Morgan fingerprint density at radius 2 is 2.38 bits per heavy atom. The first kappa shape index (κ1) is 8.89. The molecule has 1 aromatic rings. The molecule has 0 fully saturated rings. The molecule has 0 radical (unpaired) electrons. The maximum atomic E-state index is 9.14. The lowest BCUT2D eigenvalue weighted by Gasteiger charge is -1.95. The summed E-state index contributed by atoms with van der Waals surface area (Å²) in [5.41, 5.74) is 5.83. The fourth-order valence-corrected chi connectivity index (χ4v) is 0.718. The molecule has 13 heavy (non-hydrogen) atoms. The lowest BCUT2D eigenvalue weighted by Crippen LogP contribution is -1.90. The molecule has 0 saturated carbocycles. The number of hydrogen-bond donors (Lipinski definition) is 2. The minimum absolute atomic E-state index is 0.0748. The molecule has 1 rings (SSSR count). The predicted molar refractivity (Wildman–Crippen MR) is 47.4 cm³/mol. The maximum absolute atomic E-state index is 9.14. The first-order valence-electron chi connectivity index (χ1n) is 3.54. The lowest BCUT2D eigenvalue weighted by molar-refractivity contribution is 0.475. The summed E-state index contributed by atoms with van der Waals surface area (Å²) in [6, 6.07) is 3.29. The molecule has 0 aromatic carbocycles. The van der Waals surface area contributed by atoms with E-state index in [1.54, 1.807) is 0 Å². The van der Waals surface area contributed by atoms with Crippen LogP contribution in [0.15, 0.2) is 12.3 Å². The number of aromatic nitrogens is 1. The van der Waals surface area contributed by atoms with Crippen LogP contribution in [0, 0.1) is 23.2 Å². The zero-order valence-electron chi connectivity index (χ0n) is 6.78. The fraction of sp³-hybridized carbons (Fsp3) is 0.111. The summed E-state index contributed by atoms with van der Waals surface area (Å²) in [7, 11) is 0. The van der Waals surface area contributed by atoms with Gasteiger partial charge in [-0.2, -0.15) is 5.26 Å². The summed E-state index contributed by atoms with van der Waals surface area (Å²) in [5, 5.41) is 17.3. The molecule has 3 N–H and O–H groups in total. The van der Waals surface area contributed by atoms with Gasteiger partial charge in [-0.3, -0.25) is 0 Å². The van der Waals surface area contributed by atoms with Crippen molar-refractivity contribution in [2.45, 2.75) is 6.42 Å². The van der Waals surface area contributed by atoms with Crippen molar-refractivity contribution in [1.82, 2.24) is 4.98 Å². The van der Waals surface area contributed by atoms with Crippen LogP contribution in [0.4, 0.5) is 5.82 Å². The molecule has 4 heteroatoms. The number of pyridine rings is 1. The van der Waals surface area contributed by atoms with Crippen LogP contribution in [0.1, 0.15) is 12.0 Å². The third-order valence-corrected chi connectivity index (χ3v) is 1.30. The van der Waals surface area contributed by atoms with Gasteiger partial charge >= 0.3 is 0 Å². The predicted octanol–water partition coefficient (Wildman–Crippen LogP) is 0.635. The topological polar surface area (TPSA) is 82.9 Å². The average molecular weight is 173 g/mol. The van der Waals surface area contributed by atoms with Crippen LogP contribution < -0.4 is 5.73 Å². The number of nitriles is 1. The van der Waals surface area contributed by atoms with E-state index < -0.39 is 0 Å². The van der Waals surface area contributed by atoms with E-state index in [1.165, 1.54) is 12.3 Å². The van der Waals surface area contributed by atoms with Gasteiger partial charge in [0.1, 0.15) is 0 Å². The van der Waals surface area contributed by atoms with Gasteiger partial charge in [-0.05, 0) is 0 Å². The Morgan fingerprint density at radius 1 is 1.62 bits per heavy atom. The number of nitrogen functional groups attached to an aromatic ring is 1. The number of nitrogens with two attached hydrogens (primary N) is 1. The van der Waals surface area contributed by atoms with Crippen molar-refractivity contribution in [2.75, 3.05) is 5.73 Å². The smallest absolute Gasteiger partial charge is 0.165 e. The standard InChI is InChI=1S/C9H7N3O/c10-4-2-1-3-7-5-8(13)9(11)12-6-7/h5-6,13H,2H2,(H2,11,12). The summed E-state index contributed by atoms with van der Waals surface area (Å²) in [6.45, 7) is 0. The Kier molecular flexibility index (Phi) is 2.73. The van der Waals surface area contributed by atoms with E-state index in [0.29, 0.717) is 5.56 Å². The molecule has 0 atom stereocenters. The van der Waals surface area contributed by atoms with Gasteiger partial charge in [-0.15, -0.1) is 0 Å². The van der Waals surface area contributed by atoms with E-state index in [9.17, 15) is 0 Å². The van der Waals surface area contributed by atoms with Crippen LogP contribution >= 0.6 is 0 Å². The zero-order valence-corrected chi connectivity index (χ0v) is 6.78.